The van der Waals surface area contributed by atoms with E-state index >= 15 is 0 Å². The number of benzene rings is 7. The molecule has 0 N–H and O–H groups in total. The molecule has 7 aromatic carbocycles. The third-order valence-electron chi connectivity index (χ3n) is 11.2. The smallest absolute Gasteiger partial charge is 0.164 e. The summed E-state index contributed by atoms with van der Waals surface area (Å²) in [7, 11) is 0. The van der Waals surface area contributed by atoms with E-state index in [9.17, 15) is 0 Å². The third kappa shape index (κ3) is 4.42. The van der Waals surface area contributed by atoms with E-state index in [1.165, 1.54) is 55.6 Å². The molecule has 0 spiro atoms. The highest BCUT2D eigenvalue weighted by Gasteiger charge is 2.47. The summed E-state index contributed by atoms with van der Waals surface area (Å²) in [6.07, 6.45) is 0. The Morgan fingerprint density at radius 2 is 0.808 bits per heavy atom. The molecule has 0 unspecified atom stereocenters. The van der Waals surface area contributed by atoms with Crippen LogP contribution in [0.15, 0.2) is 176 Å². The lowest BCUT2D eigenvalue weighted by molar-refractivity contribution is 0.655. The predicted octanol–water partition coefficient (Wildman–Crippen LogP) is 11.5. The summed E-state index contributed by atoms with van der Waals surface area (Å²) in [6, 6.07) is 63.2. The molecule has 8 aromatic rings. The zero-order chi connectivity index (χ0) is 34.9. The van der Waals surface area contributed by atoms with Crippen LogP contribution in [0.1, 0.15) is 47.2 Å². The van der Waals surface area contributed by atoms with Gasteiger partial charge in [-0.15, -0.1) is 0 Å². The summed E-state index contributed by atoms with van der Waals surface area (Å²) in [6.45, 7) is 4.72. The Hall–Kier alpha value is -6.45. The van der Waals surface area contributed by atoms with Gasteiger partial charge in [-0.2, -0.15) is 0 Å². The zero-order valence-electron chi connectivity index (χ0n) is 29.1. The van der Waals surface area contributed by atoms with Gasteiger partial charge in [0.1, 0.15) is 0 Å². The first-order chi connectivity index (χ1) is 25.5. The van der Waals surface area contributed by atoms with Crippen LogP contribution in [0.25, 0.3) is 56.4 Å². The van der Waals surface area contributed by atoms with Gasteiger partial charge in [0.25, 0.3) is 0 Å². The lowest BCUT2D eigenvalue weighted by atomic mass is 9.66. The maximum absolute atomic E-state index is 5.05. The number of rotatable bonds is 5. The van der Waals surface area contributed by atoms with E-state index in [4.69, 9.17) is 15.0 Å². The largest absolute Gasteiger partial charge is 0.208 e. The third-order valence-corrected chi connectivity index (χ3v) is 11.2. The van der Waals surface area contributed by atoms with Gasteiger partial charge in [0, 0.05) is 22.1 Å². The fraction of sp³-hybridized carbons (Fsp3) is 0.0816. The Morgan fingerprint density at radius 3 is 1.38 bits per heavy atom. The van der Waals surface area contributed by atoms with Crippen molar-refractivity contribution in [3.63, 3.8) is 0 Å². The second-order valence-corrected chi connectivity index (χ2v) is 14.4. The standard InChI is InChI=1S/C49H35N3/c1-48(2)41-29-26-34(47-51-45(32-16-6-3-7-17-32)50-46(52-47)33-18-8-4-9-19-33)30-40(41)39-28-27-36(31-44(39)48)49(35-20-10-5-11-21-35)42-24-14-12-22-37(42)38-23-13-15-25-43(38)49/h3-31H,1-2H3. The zero-order valence-corrected chi connectivity index (χ0v) is 29.1. The van der Waals surface area contributed by atoms with E-state index in [0.29, 0.717) is 17.5 Å². The van der Waals surface area contributed by atoms with Crippen molar-refractivity contribution in [1.82, 2.24) is 15.0 Å². The Balaban J connectivity index is 1.16. The first kappa shape index (κ1) is 30.4. The van der Waals surface area contributed by atoms with Crippen molar-refractivity contribution in [2.75, 3.05) is 0 Å². The predicted molar refractivity (Wildman–Crippen MR) is 211 cm³/mol. The van der Waals surface area contributed by atoms with Crippen LogP contribution in [0.4, 0.5) is 0 Å². The van der Waals surface area contributed by atoms with Crippen molar-refractivity contribution in [1.29, 1.82) is 0 Å². The van der Waals surface area contributed by atoms with Gasteiger partial charge < -0.3 is 0 Å². The van der Waals surface area contributed by atoms with E-state index in [0.717, 1.165) is 16.7 Å². The molecule has 3 heteroatoms. The van der Waals surface area contributed by atoms with Crippen molar-refractivity contribution in [3.8, 4) is 56.4 Å². The lowest BCUT2D eigenvalue weighted by Gasteiger charge is -2.35. The maximum Gasteiger partial charge on any atom is 0.164 e. The molecule has 2 aliphatic carbocycles. The van der Waals surface area contributed by atoms with Crippen LogP contribution < -0.4 is 0 Å². The molecule has 0 radical (unpaired) electrons. The second kappa shape index (κ2) is 11.5. The molecule has 0 bridgehead atoms. The molecule has 246 valence electrons. The summed E-state index contributed by atoms with van der Waals surface area (Å²) >= 11 is 0. The molecule has 1 aromatic heterocycles. The quantitative estimate of drug-likeness (QED) is 0.184. The first-order valence-electron chi connectivity index (χ1n) is 18.0. The number of fused-ring (bicyclic) bond motifs is 6. The van der Waals surface area contributed by atoms with Crippen LogP contribution in [-0.4, -0.2) is 15.0 Å². The van der Waals surface area contributed by atoms with Crippen molar-refractivity contribution in [3.05, 3.63) is 209 Å². The van der Waals surface area contributed by atoms with E-state index in [1.54, 1.807) is 0 Å². The summed E-state index contributed by atoms with van der Waals surface area (Å²) in [5.41, 5.74) is 15.2. The van der Waals surface area contributed by atoms with E-state index in [-0.39, 0.29) is 5.41 Å². The molecule has 3 nitrogen and oxygen atoms in total. The van der Waals surface area contributed by atoms with Gasteiger partial charge in [-0.3, -0.25) is 0 Å². The minimum atomic E-state index is -0.438. The number of aromatic nitrogens is 3. The molecule has 0 amide bonds. The van der Waals surface area contributed by atoms with Crippen molar-refractivity contribution in [2.24, 2.45) is 0 Å². The molecule has 10 rings (SSSR count). The van der Waals surface area contributed by atoms with Crippen LogP contribution in [0.2, 0.25) is 0 Å². The van der Waals surface area contributed by atoms with Gasteiger partial charge >= 0.3 is 0 Å². The summed E-state index contributed by atoms with van der Waals surface area (Å²) in [4.78, 5) is 15.0. The first-order valence-corrected chi connectivity index (χ1v) is 18.0. The minimum absolute atomic E-state index is 0.210. The topological polar surface area (TPSA) is 38.7 Å². The highest BCUT2D eigenvalue weighted by molar-refractivity contribution is 5.88. The van der Waals surface area contributed by atoms with Crippen LogP contribution in [0, 0.1) is 0 Å². The highest BCUT2D eigenvalue weighted by Crippen LogP contribution is 2.58. The molecular weight excluding hydrogens is 631 g/mol. The molecule has 52 heavy (non-hydrogen) atoms. The number of hydrogen-bond acceptors (Lipinski definition) is 3. The Labute approximate surface area is 304 Å². The van der Waals surface area contributed by atoms with Crippen LogP contribution in [0.5, 0.6) is 0 Å². The molecule has 0 saturated heterocycles. The monoisotopic (exact) mass is 665 g/mol. The molecular formula is C49H35N3. The van der Waals surface area contributed by atoms with E-state index in [1.807, 2.05) is 36.4 Å². The molecule has 2 aliphatic rings. The van der Waals surface area contributed by atoms with Crippen LogP contribution >= 0.6 is 0 Å². The molecule has 0 saturated carbocycles. The Kier molecular flexibility index (Phi) is 6.74. The Morgan fingerprint density at radius 1 is 0.327 bits per heavy atom. The molecule has 0 fully saturated rings. The normalized spacial score (nSPS) is 14.3. The minimum Gasteiger partial charge on any atom is -0.208 e. The average molecular weight is 666 g/mol. The van der Waals surface area contributed by atoms with Gasteiger partial charge in [0.05, 0.1) is 5.41 Å². The van der Waals surface area contributed by atoms with Gasteiger partial charge in [-0.25, -0.2) is 15.0 Å². The van der Waals surface area contributed by atoms with Crippen molar-refractivity contribution in [2.45, 2.75) is 24.7 Å². The van der Waals surface area contributed by atoms with Gasteiger partial charge in [-0.1, -0.05) is 184 Å². The molecule has 0 atom stereocenters. The van der Waals surface area contributed by atoms with Crippen LogP contribution in [-0.2, 0) is 10.8 Å². The fourth-order valence-electron chi connectivity index (χ4n) is 8.78. The molecule has 1 heterocycles. The van der Waals surface area contributed by atoms with Crippen molar-refractivity contribution >= 4 is 0 Å². The number of nitrogens with zero attached hydrogens (tertiary/aromatic N) is 3. The van der Waals surface area contributed by atoms with Gasteiger partial charge in [0.15, 0.2) is 17.5 Å². The maximum atomic E-state index is 5.05. The summed E-state index contributed by atoms with van der Waals surface area (Å²) in [5.74, 6) is 2.00. The van der Waals surface area contributed by atoms with E-state index in [2.05, 4.69) is 153 Å². The summed E-state index contributed by atoms with van der Waals surface area (Å²) < 4.78 is 0. The number of hydrogen-bond donors (Lipinski definition) is 0. The van der Waals surface area contributed by atoms with Crippen molar-refractivity contribution < 1.29 is 0 Å². The van der Waals surface area contributed by atoms with E-state index < -0.39 is 5.41 Å². The highest BCUT2D eigenvalue weighted by atomic mass is 15.0. The Bertz CT molecular complexity index is 2540. The second-order valence-electron chi connectivity index (χ2n) is 14.4. The summed E-state index contributed by atoms with van der Waals surface area (Å²) in [5, 5.41) is 0. The van der Waals surface area contributed by atoms with Gasteiger partial charge in [-0.05, 0) is 61.7 Å². The average Bonchev–Trinajstić information content (AvgIpc) is 3.64. The molecule has 0 aliphatic heterocycles. The van der Waals surface area contributed by atoms with Crippen LogP contribution in [0.3, 0.4) is 0 Å². The van der Waals surface area contributed by atoms with Gasteiger partial charge in [0.2, 0.25) is 0 Å². The fourth-order valence-corrected chi connectivity index (χ4v) is 8.78. The SMILES string of the molecule is CC1(C)c2ccc(-c3nc(-c4ccccc4)nc(-c4ccccc4)n3)cc2-c2ccc(C3(c4ccccc4)c4ccccc4-c4ccccc43)cc21. The lowest BCUT2D eigenvalue weighted by Crippen LogP contribution is -2.29.